The molecule has 0 aromatic carbocycles. The third kappa shape index (κ3) is 4.08. The molecule has 1 atom stereocenters. The molecule has 1 saturated carbocycles. The van der Waals surface area contributed by atoms with Crippen molar-refractivity contribution in [1.82, 2.24) is 5.32 Å². The number of hydrogen-bond acceptors (Lipinski definition) is 4. The van der Waals surface area contributed by atoms with E-state index in [4.69, 9.17) is 4.42 Å². The Morgan fingerprint density at radius 3 is 2.74 bits per heavy atom. The lowest BCUT2D eigenvalue weighted by molar-refractivity contribution is 0.435. The zero-order valence-corrected chi connectivity index (χ0v) is 12.3. The lowest BCUT2D eigenvalue weighted by Gasteiger charge is -2.22. The fourth-order valence-corrected chi connectivity index (χ4v) is 4.43. The van der Waals surface area contributed by atoms with Crippen LogP contribution in [-0.4, -0.2) is 26.0 Å². The van der Waals surface area contributed by atoms with Crippen LogP contribution in [-0.2, 0) is 9.84 Å². The maximum absolute atomic E-state index is 12.2. The molecule has 4 nitrogen and oxygen atoms in total. The quantitative estimate of drug-likeness (QED) is 0.873. The van der Waals surface area contributed by atoms with Crippen LogP contribution in [0.2, 0.25) is 0 Å². The van der Waals surface area contributed by atoms with Gasteiger partial charge in [-0.2, -0.15) is 0 Å². The number of nitrogens with one attached hydrogen (secondary N) is 1. The molecular formula is C14H23NO3S. The first-order chi connectivity index (χ1) is 9.09. The largest absolute Gasteiger partial charge is 0.468 e. The Kier molecular flexibility index (Phi) is 5.05. The average molecular weight is 285 g/mol. The van der Waals surface area contributed by atoms with E-state index in [1.807, 2.05) is 19.1 Å². The second-order valence-corrected chi connectivity index (χ2v) is 7.72. The van der Waals surface area contributed by atoms with Crippen molar-refractivity contribution < 1.29 is 12.8 Å². The fraction of sp³-hybridized carbons (Fsp3) is 0.714. The summed E-state index contributed by atoms with van der Waals surface area (Å²) in [5.41, 5.74) is 0. The highest BCUT2D eigenvalue weighted by molar-refractivity contribution is 7.92. The summed E-state index contributed by atoms with van der Waals surface area (Å²) in [4.78, 5) is 0. The van der Waals surface area contributed by atoms with Crippen LogP contribution in [0.3, 0.4) is 0 Å². The van der Waals surface area contributed by atoms with E-state index in [9.17, 15) is 8.42 Å². The van der Waals surface area contributed by atoms with Crippen molar-refractivity contribution in [2.24, 2.45) is 0 Å². The second-order valence-electron chi connectivity index (χ2n) is 5.32. The number of hydrogen-bond donors (Lipinski definition) is 1. The number of sulfone groups is 1. The van der Waals surface area contributed by atoms with Gasteiger partial charge in [-0.1, -0.05) is 19.3 Å². The van der Waals surface area contributed by atoms with Crippen molar-refractivity contribution in [3.8, 4) is 0 Å². The minimum absolute atomic E-state index is 0.0524. The molecule has 1 fully saturated rings. The third-order valence-corrected chi connectivity index (χ3v) is 6.13. The topological polar surface area (TPSA) is 59.3 Å². The first-order valence-electron chi connectivity index (χ1n) is 7.08. The summed E-state index contributed by atoms with van der Waals surface area (Å²) in [7, 11) is -2.94. The van der Waals surface area contributed by atoms with Gasteiger partial charge in [0.25, 0.3) is 0 Å². The molecule has 5 heteroatoms. The van der Waals surface area contributed by atoms with Gasteiger partial charge in [0.05, 0.1) is 23.3 Å². The molecule has 108 valence electrons. The van der Waals surface area contributed by atoms with Crippen LogP contribution in [0.5, 0.6) is 0 Å². The van der Waals surface area contributed by atoms with E-state index in [0.717, 1.165) is 31.4 Å². The molecule has 0 spiro atoms. The molecule has 1 unspecified atom stereocenters. The van der Waals surface area contributed by atoms with Gasteiger partial charge in [-0.15, -0.1) is 0 Å². The van der Waals surface area contributed by atoms with Crippen molar-refractivity contribution in [3.63, 3.8) is 0 Å². The predicted molar refractivity (Wildman–Crippen MR) is 75.8 cm³/mol. The van der Waals surface area contributed by atoms with Gasteiger partial charge in [0.1, 0.15) is 5.76 Å². The summed E-state index contributed by atoms with van der Waals surface area (Å²) in [6, 6.07) is 3.79. The smallest absolute Gasteiger partial charge is 0.154 e. The van der Waals surface area contributed by atoms with Crippen molar-refractivity contribution >= 4 is 9.84 Å². The average Bonchev–Trinajstić information content (AvgIpc) is 2.93. The molecule has 0 bridgehead atoms. The molecule has 0 amide bonds. The fourth-order valence-electron chi connectivity index (χ4n) is 2.65. The van der Waals surface area contributed by atoms with E-state index >= 15 is 0 Å². The van der Waals surface area contributed by atoms with Gasteiger partial charge < -0.3 is 9.73 Å². The van der Waals surface area contributed by atoms with Gasteiger partial charge in [-0.25, -0.2) is 8.42 Å². The maximum atomic E-state index is 12.2. The standard InChI is InChI=1S/C14H23NO3S/c1-12(14-8-5-10-18-14)15-9-11-19(16,17)13-6-3-2-4-7-13/h5,8,10,12-13,15H,2-4,6-7,9,11H2,1H3. The molecule has 19 heavy (non-hydrogen) atoms. The van der Waals surface area contributed by atoms with Gasteiger partial charge in [-0.3, -0.25) is 0 Å². The molecule has 0 saturated heterocycles. The first kappa shape index (κ1) is 14.6. The van der Waals surface area contributed by atoms with E-state index < -0.39 is 9.84 Å². The van der Waals surface area contributed by atoms with E-state index in [0.29, 0.717) is 6.54 Å². The zero-order chi connectivity index (χ0) is 13.7. The van der Waals surface area contributed by atoms with Crippen molar-refractivity contribution in [1.29, 1.82) is 0 Å². The Morgan fingerprint density at radius 1 is 1.37 bits per heavy atom. The highest BCUT2D eigenvalue weighted by Crippen LogP contribution is 2.24. The Balaban J connectivity index is 1.78. The Bertz CT molecular complexity index is 461. The van der Waals surface area contributed by atoms with Gasteiger partial charge in [0.15, 0.2) is 9.84 Å². The lowest BCUT2D eigenvalue weighted by atomic mass is 10.0. The van der Waals surface area contributed by atoms with Crippen molar-refractivity contribution in [2.45, 2.75) is 50.3 Å². The number of furan rings is 1. The van der Waals surface area contributed by atoms with E-state index in [1.165, 1.54) is 6.42 Å². The Morgan fingerprint density at radius 2 is 2.11 bits per heavy atom. The molecule has 1 aromatic rings. The minimum Gasteiger partial charge on any atom is -0.468 e. The second kappa shape index (κ2) is 6.57. The monoisotopic (exact) mass is 285 g/mol. The molecular weight excluding hydrogens is 262 g/mol. The van der Waals surface area contributed by atoms with Crippen LogP contribution in [0, 0.1) is 0 Å². The van der Waals surface area contributed by atoms with Crippen LogP contribution >= 0.6 is 0 Å². The Labute approximate surface area is 115 Å². The van der Waals surface area contributed by atoms with Crippen LogP contribution in [0.4, 0.5) is 0 Å². The summed E-state index contributed by atoms with van der Waals surface area (Å²) in [6.07, 6.45) is 6.61. The molecule has 2 rings (SSSR count). The summed E-state index contributed by atoms with van der Waals surface area (Å²) >= 11 is 0. The summed E-state index contributed by atoms with van der Waals surface area (Å²) in [5, 5.41) is 3.10. The molecule has 1 N–H and O–H groups in total. The van der Waals surface area contributed by atoms with Crippen LogP contribution in [0.25, 0.3) is 0 Å². The van der Waals surface area contributed by atoms with Crippen molar-refractivity contribution in [3.05, 3.63) is 24.2 Å². The summed E-state index contributed by atoms with van der Waals surface area (Å²) < 4.78 is 29.7. The van der Waals surface area contributed by atoms with E-state index in [-0.39, 0.29) is 17.0 Å². The van der Waals surface area contributed by atoms with Gasteiger partial charge >= 0.3 is 0 Å². The summed E-state index contributed by atoms with van der Waals surface area (Å²) in [5.74, 6) is 1.07. The molecule has 1 aliphatic rings. The molecule has 1 heterocycles. The van der Waals surface area contributed by atoms with Crippen LogP contribution in [0.1, 0.15) is 50.8 Å². The zero-order valence-electron chi connectivity index (χ0n) is 11.5. The van der Waals surface area contributed by atoms with Gasteiger partial charge in [-0.05, 0) is 31.9 Å². The molecule has 1 aliphatic carbocycles. The minimum atomic E-state index is -2.94. The highest BCUT2D eigenvalue weighted by Gasteiger charge is 2.26. The predicted octanol–water partition coefficient (Wildman–Crippen LogP) is 2.68. The highest BCUT2D eigenvalue weighted by atomic mass is 32.2. The van der Waals surface area contributed by atoms with E-state index in [2.05, 4.69) is 5.32 Å². The molecule has 0 radical (unpaired) electrons. The van der Waals surface area contributed by atoms with Crippen LogP contribution < -0.4 is 5.32 Å². The van der Waals surface area contributed by atoms with Gasteiger partial charge in [0, 0.05) is 6.54 Å². The number of rotatable bonds is 6. The van der Waals surface area contributed by atoms with E-state index in [1.54, 1.807) is 6.26 Å². The van der Waals surface area contributed by atoms with Crippen LogP contribution in [0.15, 0.2) is 22.8 Å². The lowest BCUT2D eigenvalue weighted by Crippen LogP contribution is -2.32. The third-order valence-electron chi connectivity index (χ3n) is 3.87. The SMILES string of the molecule is CC(NCCS(=O)(=O)C1CCCCC1)c1ccco1. The first-order valence-corrected chi connectivity index (χ1v) is 8.79. The molecule has 1 aromatic heterocycles. The Hall–Kier alpha value is -0.810. The van der Waals surface area contributed by atoms with Gasteiger partial charge in [0.2, 0.25) is 0 Å². The normalized spacial score (nSPS) is 19.4. The van der Waals surface area contributed by atoms with Crippen molar-refractivity contribution in [2.75, 3.05) is 12.3 Å². The molecule has 0 aliphatic heterocycles. The maximum Gasteiger partial charge on any atom is 0.154 e. The summed E-state index contributed by atoms with van der Waals surface area (Å²) in [6.45, 7) is 2.47.